The lowest BCUT2D eigenvalue weighted by molar-refractivity contribution is -0.137. The zero-order chi connectivity index (χ0) is 12.2. The van der Waals surface area contributed by atoms with Crippen molar-refractivity contribution in [3.05, 3.63) is 24.3 Å². The lowest BCUT2D eigenvalue weighted by Gasteiger charge is -2.03. The number of ether oxygens (including phenoxy) is 2. The number of rotatable bonds is 9. The molecule has 0 saturated carbocycles. The minimum atomic E-state index is -0.303. The largest absolute Gasteiger partial charge is 0.463 e. The van der Waals surface area contributed by atoms with E-state index in [0.29, 0.717) is 26.4 Å². The third kappa shape index (κ3) is 10.9. The predicted molar refractivity (Wildman–Crippen MR) is 64.3 cm³/mol. The molecule has 92 valence electrons. The molecule has 4 heteroatoms. The van der Waals surface area contributed by atoms with Crippen LogP contribution in [0.2, 0.25) is 0 Å². The van der Waals surface area contributed by atoms with Gasteiger partial charge in [0.15, 0.2) is 0 Å². The van der Waals surface area contributed by atoms with Crippen molar-refractivity contribution in [1.29, 1.82) is 0 Å². The van der Waals surface area contributed by atoms with E-state index in [4.69, 9.17) is 9.47 Å². The summed E-state index contributed by atoms with van der Waals surface area (Å²) in [6.07, 6.45) is 3.15. The van der Waals surface area contributed by atoms with Crippen LogP contribution in [0.1, 0.15) is 13.8 Å². The molecule has 0 radical (unpaired) electrons. The van der Waals surface area contributed by atoms with Crippen molar-refractivity contribution >= 4 is 5.97 Å². The van der Waals surface area contributed by atoms with Gasteiger partial charge >= 0.3 is 5.97 Å². The Morgan fingerprint density at radius 3 is 2.88 bits per heavy atom. The Kier molecular flexibility index (Phi) is 9.66. The SMILES string of the molecule is C=C(C)COCCNC/C=C/C(=O)OCC. The summed E-state index contributed by atoms with van der Waals surface area (Å²) in [4.78, 5) is 10.9. The maximum atomic E-state index is 10.9. The maximum absolute atomic E-state index is 10.9. The number of carbonyl (C=O) groups is 1. The minimum Gasteiger partial charge on any atom is -0.463 e. The third-order valence-corrected chi connectivity index (χ3v) is 1.57. The lowest BCUT2D eigenvalue weighted by Crippen LogP contribution is -2.20. The van der Waals surface area contributed by atoms with Gasteiger partial charge in [0.25, 0.3) is 0 Å². The van der Waals surface area contributed by atoms with Gasteiger partial charge in [0.2, 0.25) is 0 Å². The number of nitrogens with one attached hydrogen (secondary N) is 1. The molecule has 0 aromatic carbocycles. The predicted octanol–water partition coefficient (Wildman–Crippen LogP) is 1.29. The fourth-order valence-electron chi connectivity index (χ4n) is 0.922. The van der Waals surface area contributed by atoms with Crippen LogP contribution >= 0.6 is 0 Å². The van der Waals surface area contributed by atoms with Gasteiger partial charge in [-0.15, -0.1) is 0 Å². The quantitative estimate of drug-likeness (QED) is 0.279. The van der Waals surface area contributed by atoms with Crippen molar-refractivity contribution < 1.29 is 14.3 Å². The molecule has 0 heterocycles. The van der Waals surface area contributed by atoms with E-state index in [9.17, 15) is 4.79 Å². The second-order valence-corrected chi connectivity index (χ2v) is 3.37. The molecule has 0 bridgehead atoms. The first-order chi connectivity index (χ1) is 7.66. The van der Waals surface area contributed by atoms with Gasteiger partial charge in [-0.1, -0.05) is 18.2 Å². The smallest absolute Gasteiger partial charge is 0.330 e. The van der Waals surface area contributed by atoms with Gasteiger partial charge in [-0.2, -0.15) is 0 Å². The Balaban J connectivity index is 3.26. The molecular formula is C12H21NO3. The molecule has 0 amide bonds. The van der Waals surface area contributed by atoms with E-state index >= 15 is 0 Å². The Bertz CT molecular complexity index is 236. The summed E-state index contributed by atoms with van der Waals surface area (Å²) in [6, 6.07) is 0. The van der Waals surface area contributed by atoms with Crippen LogP contribution in [0.25, 0.3) is 0 Å². The molecule has 0 aliphatic carbocycles. The Morgan fingerprint density at radius 2 is 2.25 bits per heavy atom. The lowest BCUT2D eigenvalue weighted by atomic mass is 10.4. The molecular weight excluding hydrogens is 206 g/mol. The summed E-state index contributed by atoms with van der Waals surface area (Å²) in [5, 5.41) is 3.11. The first-order valence-corrected chi connectivity index (χ1v) is 5.43. The highest BCUT2D eigenvalue weighted by molar-refractivity contribution is 5.81. The molecule has 0 aliphatic heterocycles. The van der Waals surface area contributed by atoms with Crippen LogP contribution in [0.5, 0.6) is 0 Å². The maximum Gasteiger partial charge on any atom is 0.330 e. The van der Waals surface area contributed by atoms with E-state index in [-0.39, 0.29) is 5.97 Å². The molecule has 0 spiro atoms. The Labute approximate surface area is 97.3 Å². The monoisotopic (exact) mass is 227 g/mol. The number of esters is 1. The van der Waals surface area contributed by atoms with Crippen LogP contribution in [0, 0.1) is 0 Å². The van der Waals surface area contributed by atoms with Gasteiger partial charge in [0.05, 0.1) is 19.8 Å². The molecule has 0 aliphatic rings. The second-order valence-electron chi connectivity index (χ2n) is 3.37. The minimum absolute atomic E-state index is 0.303. The second kappa shape index (κ2) is 10.4. The van der Waals surface area contributed by atoms with Crippen LogP contribution in [-0.2, 0) is 14.3 Å². The topological polar surface area (TPSA) is 47.6 Å². The summed E-state index contributed by atoms with van der Waals surface area (Å²) < 4.78 is 10.0. The Morgan fingerprint density at radius 1 is 1.50 bits per heavy atom. The Hall–Kier alpha value is -1.13. The number of carbonyl (C=O) groups excluding carboxylic acids is 1. The molecule has 0 aromatic heterocycles. The fraction of sp³-hybridized carbons (Fsp3) is 0.583. The molecule has 16 heavy (non-hydrogen) atoms. The summed E-state index contributed by atoms with van der Waals surface area (Å²) >= 11 is 0. The van der Waals surface area contributed by atoms with Crippen LogP contribution in [0.4, 0.5) is 0 Å². The molecule has 0 aromatic rings. The summed E-state index contributed by atoms with van der Waals surface area (Å²) in [6.45, 7) is 10.5. The average molecular weight is 227 g/mol. The van der Waals surface area contributed by atoms with Crippen LogP contribution in [-0.4, -0.2) is 38.9 Å². The van der Waals surface area contributed by atoms with Crippen molar-refractivity contribution in [2.24, 2.45) is 0 Å². The third-order valence-electron chi connectivity index (χ3n) is 1.57. The molecule has 1 N–H and O–H groups in total. The van der Waals surface area contributed by atoms with Crippen molar-refractivity contribution in [1.82, 2.24) is 5.32 Å². The van der Waals surface area contributed by atoms with Crippen LogP contribution < -0.4 is 5.32 Å². The summed E-state index contributed by atoms with van der Waals surface area (Å²) in [7, 11) is 0. The fourth-order valence-corrected chi connectivity index (χ4v) is 0.922. The van der Waals surface area contributed by atoms with Crippen LogP contribution in [0.3, 0.4) is 0 Å². The normalized spacial score (nSPS) is 10.6. The number of hydrogen-bond acceptors (Lipinski definition) is 4. The van der Waals surface area contributed by atoms with E-state index in [1.807, 2.05) is 6.92 Å². The molecule has 0 rings (SSSR count). The van der Waals surface area contributed by atoms with Crippen molar-refractivity contribution in [2.75, 3.05) is 32.9 Å². The average Bonchev–Trinajstić information content (AvgIpc) is 2.22. The van der Waals surface area contributed by atoms with Gasteiger partial charge in [0, 0.05) is 19.2 Å². The first kappa shape index (κ1) is 14.9. The molecule has 0 fully saturated rings. The highest BCUT2D eigenvalue weighted by Gasteiger charge is 1.92. The van der Waals surface area contributed by atoms with Gasteiger partial charge in [0.1, 0.15) is 0 Å². The molecule has 0 saturated heterocycles. The summed E-state index contributed by atoms with van der Waals surface area (Å²) in [5.41, 5.74) is 1.02. The highest BCUT2D eigenvalue weighted by Crippen LogP contribution is 1.86. The van der Waals surface area contributed by atoms with E-state index in [0.717, 1.165) is 12.1 Å². The van der Waals surface area contributed by atoms with E-state index < -0.39 is 0 Å². The first-order valence-electron chi connectivity index (χ1n) is 5.43. The zero-order valence-corrected chi connectivity index (χ0v) is 10.1. The zero-order valence-electron chi connectivity index (χ0n) is 10.1. The van der Waals surface area contributed by atoms with E-state index in [2.05, 4.69) is 11.9 Å². The standard InChI is InChI=1S/C12H21NO3/c1-4-16-12(14)6-5-7-13-8-9-15-10-11(2)3/h5-6,13H,2,4,7-10H2,1,3H3/b6-5+. The molecule has 0 atom stereocenters. The molecule has 0 unspecified atom stereocenters. The van der Waals surface area contributed by atoms with E-state index in [1.165, 1.54) is 6.08 Å². The van der Waals surface area contributed by atoms with Crippen molar-refractivity contribution in [3.8, 4) is 0 Å². The van der Waals surface area contributed by atoms with Gasteiger partial charge in [-0.05, 0) is 13.8 Å². The number of hydrogen-bond donors (Lipinski definition) is 1. The van der Waals surface area contributed by atoms with Crippen molar-refractivity contribution in [3.63, 3.8) is 0 Å². The summed E-state index contributed by atoms with van der Waals surface area (Å²) in [5.74, 6) is -0.303. The van der Waals surface area contributed by atoms with Crippen molar-refractivity contribution in [2.45, 2.75) is 13.8 Å². The van der Waals surface area contributed by atoms with Gasteiger partial charge in [-0.3, -0.25) is 0 Å². The van der Waals surface area contributed by atoms with Gasteiger partial charge < -0.3 is 14.8 Å². The molecule has 4 nitrogen and oxygen atoms in total. The van der Waals surface area contributed by atoms with Gasteiger partial charge in [-0.25, -0.2) is 4.79 Å². The van der Waals surface area contributed by atoms with Crippen LogP contribution in [0.15, 0.2) is 24.3 Å². The highest BCUT2D eigenvalue weighted by atomic mass is 16.5. The van der Waals surface area contributed by atoms with E-state index in [1.54, 1.807) is 13.0 Å².